The minimum Gasteiger partial charge on any atom is -0.504 e. The lowest BCUT2D eigenvalue weighted by Crippen LogP contribution is -2.53. The van der Waals surface area contributed by atoms with Crippen molar-refractivity contribution >= 4 is 35.4 Å². The minimum absolute atomic E-state index is 0.0274. The number of carbonyl (C=O) groups is 5. The molecule has 1 aliphatic heterocycles. The smallest absolute Gasteiger partial charge is 0.326 e. The number of amides is 4. The first-order valence-corrected chi connectivity index (χ1v) is 20.8. The molecule has 0 aliphatic carbocycles. The summed E-state index contributed by atoms with van der Waals surface area (Å²) < 4.78 is 26.9. The maximum Gasteiger partial charge on any atom is 0.326 e. The van der Waals surface area contributed by atoms with E-state index in [1.54, 1.807) is 30.3 Å². The molecular formula is C45H56FN9O10. The number of aliphatic hydroxyl groups is 1. The van der Waals surface area contributed by atoms with Gasteiger partial charge < -0.3 is 62.8 Å². The molecule has 1 aromatic heterocycles. The van der Waals surface area contributed by atoms with Crippen molar-refractivity contribution < 1.29 is 53.2 Å². The number of nitrogens with two attached hydrogens (primary N) is 3. The van der Waals surface area contributed by atoms with E-state index < -0.39 is 84.0 Å². The molecule has 0 saturated heterocycles. The lowest BCUT2D eigenvalue weighted by Gasteiger charge is -2.30. The van der Waals surface area contributed by atoms with Crippen molar-refractivity contribution in [3.8, 4) is 39.8 Å². The quantitative estimate of drug-likeness (QED) is 0.0816. The maximum absolute atomic E-state index is 15.1. The summed E-state index contributed by atoms with van der Waals surface area (Å²) in [5, 5.41) is 39.6. The Morgan fingerprint density at radius 3 is 2.35 bits per heavy atom. The average Bonchev–Trinajstić information content (AvgIpc) is 3.24. The second kappa shape index (κ2) is 20.7. The number of aliphatic hydroxyl groups excluding tert-OH is 1. The van der Waals surface area contributed by atoms with Gasteiger partial charge in [-0.3, -0.25) is 19.2 Å². The lowest BCUT2D eigenvalue weighted by molar-refractivity contribution is -0.142. The number of benzene rings is 3. The highest BCUT2D eigenvalue weighted by atomic mass is 19.1. The third-order valence-electron chi connectivity index (χ3n) is 10.7. The number of nitrogen functional groups attached to an aromatic ring is 1. The number of phenolic OH excluding ortho intramolecular Hbond substituents is 1. The van der Waals surface area contributed by atoms with Gasteiger partial charge in [-0.05, 0) is 79.3 Å². The Kier molecular flexibility index (Phi) is 15.7. The van der Waals surface area contributed by atoms with Crippen LogP contribution in [0.5, 0.6) is 17.2 Å². The fourth-order valence-electron chi connectivity index (χ4n) is 7.08. The van der Waals surface area contributed by atoms with Crippen LogP contribution in [0.3, 0.4) is 0 Å². The van der Waals surface area contributed by atoms with Crippen molar-refractivity contribution in [2.45, 2.75) is 77.1 Å². The van der Waals surface area contributed by atoms with Crippen LogP contribution in [0.25, 0.3) is 22.5 Å². The molecule has 19 nitrogen and oxygen atoms in total. The van der Waals surface area contributed by atoms with E-state index in [0.29, 0.717) is 29.7 Å². The van der Waals surface area contributed by atoms with E-state index in [0.717, 1.165) is 4.90 Å². The van der Waals surface area contributed by atoms with Gasteiger partial charge in [-0.25, -0.2) is 19.2 Å². The molecule has 4 bridgehead atoms. The number of carbonyl (C=O) groups excluding carboxylic acids is 4. The average molecular weight is 902 g/mol. The first-order valence-electron chi connectivity index (χ1n) is 20.8. The topological polar surface area (TPSA) is 308 Å². The Bertz CT molecular complexity index is 2440. The van der Waals surface area contributed by atoms with Crippen LogP contribution in [0, 0.1) is 12.7 Å². The Balaban J connectivity index is 1.55. The zero-order valence-corrected chi connectivity index (χ0v) is 37.0. The molecule has 0 unspecified atom stereocenters. The standard InChI is InChI=1S/C45H56FN9O10/c1-22-36(39(49)54-40(51-22)25-9-10-30(31(46)17-25)45(3,4)5)42(60)50-20-35(57)55(6)37-26-16-29(38(58)34(18-26)65-21-27(56)19-48)28-14-24(8-11-33(28)64-13-7-12-47)15-32(44(62)63)53-41(59)23(2)52-43(37)61/h8-11,14,16-18,23,27,32,37,56,58H,7,12-13,15,19-21,47-48H2,1-6H3,(H,50,60)(H,52,61)(H,53,59)(H,62,63)(H2,49,51,54)/t23-,27+,32-,37-/m0/s1. The van der Waals surface area contributed by atoms with E-state index in [9.17, 15) is 39.3 Å². The number of hydrogen-bond donors (Lipinski definition) is 9. The molecule has 0 spiro atoms. The molecule has 0 saturated carbocycles. The Morgan fingerprint density at radius 1 is 1.00 bits per heavy atom. The monoisotopic (exact) mass is 901 g/mol. The SMILES string of the molecule is Cc1nc(-c2ccc(C(C)(C)C)c(F)c2)nc(N)c1C(=O)NCC(=O)N(C)[C@@H]1C(=O)N[C@@H](C)C(=O)N[C@H](C(=O)O)Cc2ccc(OCCCN)c(c2)-c2cc1cc(OC[C@H](O)CN)c2O. The van der Waals surface area contributed by atoms with Crippen molar-refractivity contribution in [3.05, 3.63) is 82.3 Å². The molecule has 65 heavy (non-hydrogen) atoms. The van der Waals surface area contributed by atoms with E-state index in [1.807, 2.05) is 20.8 Å². The summed E-state index contributed by atoms with van der Waals surface area (Å²) in [5.41, 5.74) is 18.6. The molecule has 5 rings (SSSR count). The van der Waals surface area contributed by atoms with Gasteiger partial charge in [0.15, 0.2) is 17.3 Å². The van der Waals surface area contributed by atoms with Gasteiger partial charge in [0.1, 0.15) is 53.8 Å². The fourth-order valence-corrected chi connectivity index (χ4v) is 7.08. The highest BCUT2D eigenvalue weighted by Gasteiger charge is 2.35. The zero-order chi connectivity index (χ0) is 47.9. The predicted molar refractivity (Wildman–Crippen MR) is 237 cm³/mol. The molecule has 4 atom stereocenters. The van der Waals surface area contributed by atoms with Crippen molar-refractivity contribution in [1.29, 1.82) is 0 Å². The van der Waals surface area contributed by atoms with E-state index >= 15 is 4.39 Å². The number of nitrogens with zero attached hydrogens (tertiary/aromatic N) is 3. The number of rotatable bonds is 14. The van der Waals surface area contributed by atoms with Gasteiger partial charge >= 0.3 is 5.97 Å². The number of nitrogens with one attached hydrogen (secondary N) is 3. The second-order valence-corrected chi connectivity index (χ2v) is 16.7. The Labute approximate surface area is 374 Å². The normalized spacial score (nSPS) is 16.9. The second-order valence-electron chi connectivity index (χ2n) is 16.7. The number of halogens is 1. The molecule has 12 N–H and O–H groups in total. The number of ether oxygens (including phenoxy) is 2. The first kappa shape index (κ1) is 49.1. The molecule has 2 heterocycles. The summed E-state index contributed by atoms with van der Waals surface area (Å²) in [6.45, 7) is 7.62. The molecule has 0 fully saturated rings. The third-order valence-corrected chi connectivity index (χ3v) is 10.7. The maximum atomic E-state index is 15.1. The van der Waals surface area contributed by atoms with Crippen molar-refractivity contribution in [3.63, 3.8) is 0 Å². The summed E-state index contributed by atoms with van der Waals surface area (Å²) in [5.74, 6) is -5.89. The van der Waals surface area contributed by atoms with Crippen LogP contribution in [-0.4, -0.2) is 118 Å². The summed E-state index contributed by atoms with van der Waals surface area (Å²) in [6, 6.07) is 7.55. The molecule has 4 amide bonds. The van der Waals surface area contributed by atoms with Gasteiger partial charge in [-0.1, -0.05) is 39.0 Å². The molecular weight excluding hydrogens is 846 g/mol. The highest BCUT2D eigenvalue weighted by Crippen LogP contribution is 2.45. The van der Waals surface area contributed by atoms with Crippen molar-refractivity contribution in [2.75, 3.05) is 45.6 Å². The number of hydrogen-bond acceptors (Lipinski definition) is 14. The number of fused-ring (bicyclic) bond motifs is 5. The number of carboxylic acids is 1. The van der Waals surface area contributed by atoms with Gasteiger partial charge in [0.25, 0.3) is 5.91 Å². The lowest BCUT2D eigenvalue weighted by atomic mass is 9.86. The van der Waals surface area contributed by atoms with Gasteiger partial charge in [0, 0.05) is 36.7 Å². The van der Waals surface area contributed by atoms with Gasteiger partial charge in [0.05, 0.1) is 18.8 Å². The fraction of sp³-hybridized carbons (Fsp3) is 0.400. The molecule has 0 radical (unpaired) electrons. The number of aryl methyl sites for hydroxylation is 1. The molecule has 1 aliphatic rings. The largest absolute Gasteiger partial charge is 0.504 e. The van der Waals surface area contributed by atoms with Gasteiger partial charge in [-0.15, -0.1) is 0 Å². The van der Waals surface area contributed by atoms with Crippen LogP contribution >= 0.6 is 0 Å². The number of anilines is 1. The highest BCUT2D eigenvalue weighted by molar-refractivity contribution is 6.02. The number of aromatic nitrogens is 2. The summed E-state index contributed by atoms with van der Waals surface area (Å²) in [7, 11) is 1.27. The number of phenols is 1. The van der Waals surface area contributed by atoms with Crippen molar-refractivity contribution in [2.24, 2.45) is 11.5 Å². The Hall–Kier alpha value is -6.90. The first-order chi connectivity index (χ1) is 30.6. The van der Waals surface area contributed by atoms with E-state index in [2.05, 4.69) is 25.9 Å². The number of likely N-dealkylation sites (N-methyl/N-ethyl adjacent to an activating group) is 1. The predicted octanol–water partition coefficient (Wildman–Crippen LogP) is 1.83. The van der Waals surface area contributed by atoms with Crippen LogP contribution in [0.1, 0.15) is 72.9 Å². The molecule has 3 aromatic carbocycles. The molecule has 4 aromatic rings. The summed E-state index contributed by atoms with van der Waals surface area (Å²) >= 11 is 0. The minimum atomic E-state index is -1.61. The van der Waals surface area contributed by atoms with E-state index in [-0.39, 0.29) is 70.7 Å². The van der Waals surface area contributed by atoms with Crippen LogP contribution in [-0.2, 0) is 31.0 Å². The number of carboxylic acid groups (broad SMARTS) is 1. The Morgan fingerprint density at radius 2 is 1.72 bits per heavy atom. The third kappa shape index (κ3) is 11.6. The number of aromatic hydroxyl groups is 1. The summed E-state index contributed by atoms with van der Waals surface area (Å²) in [4.78, 5) is 77.5. The van der Waals surface area contributed by atoms with Crippen LogP contribution in [0.4, 0.5) is 10.2 Å². The molecule has 348 valence electrons. The molecule has 20 heteroatoms. The number of aliphatic carboxylic acids is 1. The van der Waals surface area contributed by atoms with E-state index in [4.69, 9.17) is 26.7 Å². The zero-order valence-electron chi connectivity index (χ0n) is 37.0. The van der Waals surface area contributed by atoms with Crippen LogP contribution < -0.4 is 42.6 Å². The van der Waals surface area contributed by atoms with Crippen molar-refractivity contribution in [1.82, 2.24) is 30.8 Å². The van der Waals surface area contributed by atoms with Gasteiger partial charge in [0.2, 0.25) is 17.7 Å². The van der Waals surface area contributed by atoms with Crippen LogP contribution in [0.15, 0.2) is 48.5 Å². The van der Waals surface area contributed by atoms with Crippen LogP contribution in [0.2, 0.25) is 0 Å². The van der Waals surface area contributed by atoms with Gasteiger partial charge in [-0.2, -0.15) is 0 Å². The van der Waals surface area contributed by atoms with E-state index in [1.165, 1.54) is 39.1 Å². The summed E-state index contributed by atoms with van der Waals surface area (Å²) in [6.07, 6.45) is -0.921.